The Kier molecular flexibility index (Phi) is 53.8. The lowest BCUT2D eigenvalue weighted by Gasteiger charge is -2.29. The summed E-state index contributed by atoms with van der Waals surface area (Å²) in [6.07, 6.45) is -7.78. The Morgan fingerprint density at radius 2 is 0.464 bits per heavy atom. The molecule has 0 aliphatic heterocycles. The Morgan fingerprint density at radius 1 is 0.256 bits per heavy atom. The molecule has 0 aromatic rings. The molecule has 125 heavy (non-hydrogen) atoms. The number of aliphatic hydroxyl groups is 2. The first-order valence-corrected chi connectivity index (χ1v) is 39.8. The molecule has 0 bridgehead atoms. The third kappa shape index (κ3) is 50.8. The number of nitrogens with one attached hydrogen (secondary N) is 28. The van der Waals surface area contributed by atoms with Crippen molar-refractivity contribution in [2.75, 3.05) is 52.4 Å². The number of amides is 14. The van der Waals surface area contributed by atoms with Gasteiger partial charge in [0, 0.05) is 58.8 Å². The van der Waals surface area contributed by atoms with Gasteiger partial charge in [0.15, 0.2) is 47.7 Å². The van der Waals surface area contributed by atoms with Crippen molar-refractivity contribution < 1.29 is 87.2 Å². The normalized spacial score (nSPS) is 14.4. The highest BCUT2D eigenvalue weighted by atomic mass is 16.4. The van der Waals surface area contributed by atoms with Gasteiger partial charge in [0.2, 0.25) is 82.7 Å². The molecular formula is C68H131N39O18. The minimum absolute atomic E-state index is 0.00439. The number of guanidine groups is 8. The summed E-state index contributed by atoms with van der Waals surface area (Å²) in [4.78, 5) is 208. The van der Waals surface area contributed by atoms with Gasteiger partial charge >= 0.3 is 5.97 Å². The minimum atomic E-state index is -2.04. The number of hydrogen-bond donors (Lipinski definition) is 42. The maximum absolute atomic E-state index is 14.7. The molecule has 0 saturated heterocycles. The number of carboxylic acids is 1. The number of carboxylic acid groups (broad SMARTS) is 1. The molecular weight excluding hydrogens is 1650 g/mol. The molecule has 53 N–H and O–H groups in total. The van der Waals surface area contributed by atoms with Crippen molar-refractivity contribution in [3.05, 3.63) is 0 Å². The maximum Gasteiger partial charge on any atom is 0.326 e. The lowest BCUT2D eigenvalue weighted by molar-refractivity contribution is -0.142. The van der Waals surface area contributed by atoms with Gasteiger partial charge in [0.05, 0.1) is 18.6 Å². The summed E-state index contributed by atoms with van der Waals surface area (Å²) in [5.41, 5.74) is 60.4. The lowest BCUT2D eigenvalue weighted by Crippen LogP contribution is -2.62. The zero-order valence-corrected chi connectivity index (χ0v) is 70.1. The number of carbonyl (C=O) groups excluding carboxylic acids is 14. The van der Waals surface area contributed by atoms with Crippen molar-refractivity contribution in [3.8, 4) is 0 Å². The molecule has 0 spiro atoms. The quantitative estimate of drug-likeness (QED) is 0.0153. The van der Waals surface area contributed by atoms with Gasteiger partial charge in [-0.15, -0.1) is 0 Å². The molecule has 15 atom stereocenters. The summed E-state index contributed by atoms with van der Waals surface area (Å²) < 4.78 is 0. The summed E-state index contributed by atoms with van der Waals surface area (Å²) in [5.74, 6) is -20.9. The van der Waals surface area contributed by atoms with Crippen LogP contribution < -0.4 is 169 Å². The lowest BCUT2D eigenvalue weighted by atomic mass is 10.0. The fraction of sp³-hybridized carbons (Fsp3) is 0.662. The monoisotopic (exact) mass is 1780 g/mol. The number of aliphatic hydroxyl groups excluding tert-OH is 2. The molecule has 0 radical (unpaired) electrons. The predicted molar refractivity (Wildman–Crippen MR) is 453 cm³/mol. The summed E-state index contributed by atoms with van der Waals surface area (Å²) in [5, 5.41) is 141. The van der Waals surface area contributed by atoms with Crippen LogP contribution in [0.25, 0.3) is 0 Å². The largest absolute Gasteiger partial charge is 0.480 e. The second-order valence-corrected chi connectivity index (χ2v) is 28.7. The van der Waals surface area contributed by atoms with E-state index in [9.17, 15) is 87.2 Å². The second kappa shape index (κ2) is 60.6. The number of aliphatic carboxylic acids is 1. The number of nitrogens with two attached hydrogens (primary N) is 11. The first-order valence-electron chi connectivity index (χ1n) is 39.8. The highest BCUT2D eigenvalue weighted by molar-refractivity contribution is 6.01. The van der Waals surface area contributed by atoms with Crippen LogP contribution in [0.5, 0.6) is 0 Å². The Bertz CT molecular complexity index is 3690. The van der Waals surface area contributed by atoms with Crippen LogP contribution in [0.15, 0.2) is 0 Å². The smallest absolute Gasteiger partial charge is 0.326 e. The third-order valence-corrected chi connectivity index (χ3v) is 17.9. The van der Waals surface area contributed by atoms with Crippen molar-refractivity contribution >= 4 is 136 Å². The molecule has 0 aliphatic carbocycles. The summed E-state index contributed by atoms with van der Waals surface area (Å²) in [6, 6.07) is -22.0. The first-order chi connectivity index (χ1) is 58.6. The molecule has 0 rings (SSSR count). The number of rotatable bonds is 64. The fourth-order valence-corrected chi connectivity index (χ4v) is 11.3. The zero-order chi connectivity index (χ0) is 95.2. The molecule has 0 aromatic carbocycles. The van der Waals surface area contributed by atoms with E-state index >= 15 is 0 Å². The number of hydrogen-bond acceptors (Lipinski definition) is 26. The van der Waals surface area contributed by atoms with Crippen molar-refractivity contribution in [2.45, 2.75) is 234 Å². The van der Waals surface area contributed by atoms with Crippen LogP contribution in [-0.4, -0.2) is 295 Å². The van der Waals surface area contributed by atoms with Gasteiger partial charge in [0.1, 0.15) is 78.5 Å². The zero-order valence-electron chi connectivity index (χ0n) is 70.1. The van der Waals surface area contributed by atoms with E-state index in [0.29, 0.717) is 0 Å². The molecule has 0 aliphatic rings. The van der Waals surface area contributed by atoms with Crippen LogP contribution >= 0.6 is 0 Å². The minimum Gasteiger partial charge on any atom is -0.480 e. The van der Waals surface area contributed by atoms with E-state index < -0.39 is 246 Å². The number of carbonyl (C=O) groups is 15. The summed E-state index contributed by atoms with van der Waals surface area (Å²) >= 11 is 0. The van der Waals surface area contributed by atoms with Gasteiger partial charge in [-0.3, -0.25) is 110 Å². The van der Waals surface area contributed by atoms with Crippen LogP contribution in [0, 0.1) is 43.3 Å². The van der Waals surface area contributed by atoms with Gasteiger partial charge in [-0.05, 0) is 130 Å². The van der Waals surface area contributed by atoms with E-state index in [1.54, 1.807) is 0 Å². The maximum atomic E-state index is 14.7. The van der Waals surface area contributed by atoms with Crippen molar-refractivity contribution in [1.82, 2.24) is 106 Å². The molecule has 0 heterocycles. The van der Waals surface area contributed by atoms with Crippen LogP contribution in [0.4, 0.5) is 0 Å². The summed E-state index contributed by atoms with van der Waals surface area (Å²) in [7, 11) is 0. The van der Waals surface area contributed by atoms with Gasteiger partial charge in [0.25, 0.3) is 0 Å². The Balaban J connectivity index is 7.69. The molecule has 0 fully saturated rings. The van der Waals surface area contributed by atoms with Crippen molar-refractivity contribution in [1.29, 1.82) is 43.3 Å². The van der Waals surface area contributed by atoms with Crippen molar-refractivity contribution in [3.63, 3.8) is 0 Å². The van der Waals surface area contributed by atoms with E-state index in [-0.39, 0.29) is 155 Å². The SMILES string of the molecule is C[C@H](NC(=O)[C@H](CCCNC(=N)N)NC(=O)[C@H](CCCNC(=N)N)NC(=O)[C@@H](NC(=O)[C@H](CCCNC(=N)N)NC(=O)[C@H](CCC(N)=O)NC(=O)[C@H](CCCNC(=N)N)NC(=O)[C@H](CCCNC(=N)N)NC(=O)[C@@H](N)[C@@H](C)O)[C@@H](C)O)C(=O)N[C@@H](CCCNC(=N)N)C(=O)N[C@@H](CCCNC(=N)N)C(=O)N[C@@H](CC(N)=O)C(=O)N[C@@H](CCCNC(=N)N)C(=O)O. The van der Waals surface area contributed by atoms with Gasteiger partial charge < -0.3 is 185 Å². The molecule has 0 unspecified atom stereocenters. The van der Waals surface area contributed by atoms with E-state index in [1.807, 2.05) is 0 Å². The van der Waals surface area contributed by atoms with Crippen LogP contribution in [0.1, 0.15) is 143 Å². The average Bonchev–Trinajstić information content (AvgIpc) is 0.894. The highest BCUT2D eigenvalue weighted by Gasteiger charge is 2.39. The first kappa shape index (κ1) is 111. The predicted octanol–water partition coefficient (Wildman–Crippen LogP) is -15.8. The average molecular weight is 1780 g/mol. The van der Waals surface area contributed by atoms with E-state index in [1.165, 1.54) is 6.92 Å². The molecule has 57 heteroatoms. The Labute approximate surface area is 719 Å². The van der Waals surface area contributed by atoms with Gasteiger partial charge in [-0.2, -0.15) is 0 Å². The standard InChI is InChI=1S/C68H131N39O18/c1-31(48(112)97-35(13-5-23-89-62(74)75)50(114)100-37(15-7-25-91-64(78)79)54(118)106-43(30-45(70)111)57(121)105-42(60(124)125)19-11-29-95-68(86)87)96-49(113)34(12-4-22-88-61(72)73)98-53(117)39(17-9-27-93-66(82)83)104-59(123)47(33(3)109)107-56(120)40(18-10-28-94-67(84)85)101-55(119)41(20-21-44(69)110)102-51(115)36(14-6-24-90-63(76)77)99-52(116)38(16-8-26-92-65(80)81)103-58(122)46(71)32(2)108/h31-43,46-47,108-109H,4-30,71H2,1-3H3,(H2,69,110)(H2,70,111)(H,96,113)(H,97,112)(H,98,117)(H,99,116)(H,100,114)(H,101,119)(H,102,115)(H,103,122)(H,104,123)(H,105,121)(H,106,118)(H,107,120)(H,124,125)(H4,72,73,88)(H4,74,75,89)(H4,76,77,90)(H4,78,79,91)(H4,80,81,92)(H4,82,83,93)(H4,84,85,94)(H4,86,87,95)/t31-,32+,33+,34-,35-,36-,37-,38-,39-,40-,41-,42-,43-,46-,47-/m0/s1. The van der Waals surface area contributed by atoms with E-state index in [0.717, 1.165) is 13.8 Å². The summed E-state index contributed by atoms with van der Waals surface area (Å²) in [6.45, 7) is 2.97. The van der Waals surface area contributed by atoms with Gasteiger partial charge in [-0.25, -0.2) is 4.79 Å². The molecule has 0 saturated carbocycles. The van der Waals surface area contributed by atoms with E-state index in [2.05, 4.69) is 106 Å². The van der Waals surface area contributed by atoms with Crippen LogP contribution in [0.2, 0.25) is 0 Å². The highest BCUT2D eigenvalue weighted by Crippen LogP contribution is 2.13. The van der Waals surface area contributed by atoms with Crippen molar-refractivity contribution in [2.24, 2.45) is 63.1 Å². The molecule has 0 aromatic heterocycles. The molecule has 706 valence electrons. The molecule has 14 amide bonds. The Morgan fingerprint density at radius 3 is 0.704 bits per heavy atom. The fourth-order valence-electron chi connectivity index (χ4n) is 11.3. The van der Waals surface area contributed by atoms with E-state index in [4.69, 9.17) is 106 Å². The molecule has 57 nitrogen and oxygen atoms in total. The third-order valence-electron chi connectivity index (χ3n) is 17.9. The second-order valence-electron chi connectivity index (χ2n) is 28.7. The van der Waals surface area contributed by atoms with Gasteiger partial charge in [-0.1, -0.05) is 0 Å². The Hall–Kier alpha value is -13.9. The van der Waals surface area contributed by atoms with Crippen LogP contribution in [0.3, 0.4) is 0 Å². The van der Waals surface area contributed by atoms with Crippen LogP contribution in [-0.2, 0) is 71.9 Å². The topological polar surface area (TPSA) is 1030 Å². The number of primary amides is 2.